The second-order valence-electron chi connectivity index (χ2n) is 7.14. The standard InChI is InChI=1S/C25H23F3O3/c1-2-3-4-18-7-13-23(14-8-18)31-24(29)20-9-15-22(16-10-20)30-17-19-5-11-21(12-6-19)25(26,27)28/h5-16H,2-4,17H2,1H3. The summed E-state index contributed by atoms with van der Waals surface area (Å²) in [6.07, 6.45) is -1.12. The Morgan fingerprint density at radius 2 is 1.39 bits per heavy atom. The molecule has 162 valence electrons. The first kappa shape index (κ1) is 22.4. The number of esters is 1. The molecule has 3 aromatic carbocycles. The van der Waals surface area contributed by atoms with Crippen molar-refractivity contribution in [1.29, 1.82) is 0 Å². The molecule has 0 aliphatic carbocycles. The number of halogens is 3. The minimum atomic E-state index is -4.36. The van der Waals surface area contributed by atoms with Crippen LogP contribution >= 0.6 is 0 Å². The Balaban J connectivity index is 1.52. The summed E-state index contributed by atoms with van der Waals surface area (Å²) in [5.41, 5.74) is 1.49. The van der Waals surface area contributed by atoms with Crippen molar-refractivity contribution >= 4 is 5.97 Å². The lowest BCUT2D eigenvalue weighted by atomic mass is 10.1. The molecule has 0 amide bonds. The quantitative estimate of drug-likeness (QED) is 0.291. The van der Waals surface area contributed by atoms with Crippen LogP contribution in [0.25, 0.3) is 0 Å². The van der Waals surface area contributed by atoms with Crippen LogP contribution < -0.4 is 9.47 Å². The average Bonchev–Trinajstić information content (AvgIpc) is 2.77. The van der Waals surface area contributed by atoms with Gasteiger partial charge in [-0.3, -0.25) is 0 Å². The normalized spacial score (nSPS) is 11.2. The molecule has 3 nitrogen and oxygen atoms in total. The Morgan fingerprint density at radius 1 is 0.806 bits per heavy atom. The first-order valence-corrected chi connectivity index (χ1v) is 10.1. The third kappa shape index (κ3) is 6.60. The number of alkyl halides is 3. The van der Waals surface area contributed by atoms with Crippen LogP contribution in [0.5, 0.6) is 11.5 Å². The van der Waals surface area contributed by atoms with Crippen molar-refractivity contribution in [2.24, 2.45) is 0 Å². The van der Waals surface area contributed by atoms with Gasteiger partial charge in [-0.05, 0) is 72.5 Å². The van der Waals surface area contributed by atoms with E-state index in [-0.39, 0.29) is 6.61 Å². The van der Waals surface area contributed by atoms with E-state index in [1.165, 1.54) is 17.7 Å². The molecular weight excluding hydrogens is 405 g/mol. The molecule has 0 fully saturated rings. The molecule has 0 saturated heterocycles. The maximum Gasteiger partial charge on any atom is 0.416 e. The molecule has 31 heavy (non-hydrogen) atoms. The summed E-state index contributed by atoms with van der Waals surface area (Å²) in [5.74, 6) is 0.500. The highest BCUT2D eigenvalue weighted by Gasteiger charge is 2.29. The molecular formula is C25H23F3O3. The molecule has 0 N–H and O–H groups in total. The maximum absolute atomic E-state index is 12.6. The van der Waals surface area contributed by atoms with Gasteiger partial charge in [-0.2, -0.15) is 13.2 Å². The first-order valence-electron chi connectivity index (χ1n) is 10.1. The third-order valence-corrected chi connectivity index (χ3v) is 4.73. The van der Waals surface area contributed by atoms with Gasteiger partial charge in [0.1, 0.15) is 18.1 Å². The van der Waals surface area contributed by atoms with Crippen LogP contribution in [0.1, 0.15) is 46.8 Å². The van der Waals surface area contributed by atoms with Crippen molar-refractivity contribution in [3.05, 3.63) is 95.1 Å². The molecule has 0 aliphatic heterocycles. The number of benzene rings is 3. The number of carbonyl (C=O) groups is 1. The molecule has 0 unspecified atom stereocenters. The van der Waals surface area contributed by atoms with E-state index in [0.717, 1.165) is 31.4 Å². The fourth-order valence-electron chi connectivity index (χ4n) is 2.91. The fraction of sp³-hybridized carbons (Fsp3) is 0.240. The monoisotopic (exact) mass is 428 g/mol. The maximum atomic E-state index is 12.6. The largest absolute Gasteiger partial charge is 0.489 e. The average molecular weight is 428 g/mol. The predicted octanol–water partition coefficient (Wildman–Crippen LogP) is 6.85. The predicted molar refractivity (Wildman–Crippen MR) is 112 cm³/mol. The van der Waals surface area contributed by atoms with Gasteiger partial charge >= 0.3 is 12.1 Å². The highest BCUT2D eigenvalue weighted by Crippen LogP contribution is 2.29. The minimum Gasteiger partial charge on any atom is -0.489 e. The molecule has 0 saturated carbocycles. The van der Waals surface area contributed by atoms with Crippen molar-refractivity contribution in [2.45, 2.75) is 39.0 Å². The molecule has 6 heteroatoms. The molecule has 3 rings (SSSR count). The Morgan fingerprint density at radius 3 is 1.97 bits per heavy atom. The lowest BCUT2D eigenvalue weighted by molar-refractivity contribution is -0.137. The van der Waals surface area contributed by atoms with E-state index in [9.17, 15) is 18.0 Å². The molecule has 0 heterocycles. The highest BCUT2D eigenvalue weighted by molar-refractivity contribution is 5.91. The van der Waals surface area contributed by atoms with Crippen LogP contribution in [0.3, 0.4) is 0 Å². The van der Waals surface area contributed by atoms with Crippen molar-refractivity contribution in [1.82, 2.24) is 0 Å². The molecule has 0 spiro atoms. The van der Waals surface area contributed by atoms with E-state index in [1.807, 2.05) is 12.1 Å². The zero-order valence-electron chi connectivity index (χ0n) is 17.1. The van der Waals surface area contributed by atoms with E-state index in [4.69, 9.17) is 9.47 Å². The van der Waals surface area contributed by atoms with E-state index < -0.39 is 17.7 Å². The zero-order valence-corrected chi connectivity index (χ0v) is 17.1. The van der Waals surface area contributed by atoms with Gasteiger partial charge in [0, 0.05) is 0 Å². The van der Waals surface area contributed by atoms with Gasteiger partial charge < -0.3 is 9.47 Å². The van der Waals surface area contributed by atoms with Crippen molar-refractivity contribution in [2.75, 3.05) is 0 Å². The van der Waals surface area contributed by atoms with Crippen molar-refractivity contribution in [3.63, 3.8) is 0 Å². The third-order valence-electron chi connectivity index (χ3n) is 4.73. The first-order chi connectivity index (χ1) is 14.8. The number of hydrogen-bond acceptors (Lipinski definition) is 3. The molecule has 0 aromatic heterocycles. The zero-order chi connectivity index (χ0) is 22.3. The number of unbranched alkanes of at least 4 members (excludes halogenated alkanes) is 1. The highest BCUT2D eigenvalue weighted by atomic mass is 19.4. The number of rotatable bonds is 8. The summed E-state index contributed by atoms with van der Waals surface area (Å²) < 4.78 is 48.8. The summed E-state index contributed by atoms with van der Waals surface area (Å²) >= 11 is 0. The molecule has 0 radical (unpaired) electrons. The second kappa shape index (κ2) is 10.2. The van der Waals surface area contributed by atoms with Gasteiger partial charge in [0.25, 0.3) is 0 Å². The van der Waals surface area contributed by atoms with Gasteiger partial charge in [-0.25, -0.2) is 4.79 Å². The van der Waals surface area contributed by atoms with Gasteiger partial charge in [-0.15, -0.1) is 0 Å². The Kier molecular flexibility index (Phi) is 7.34. The Hall–Kier alpha value is -3.28. The van der Waals surface area contributed by atoms with Gasteiger partial charge in [0.05, 0.1) is 11.1 Å². The van der Waals surface area contributed by atoms with Crippen molar-refractivity contribution in [3.8, 4) is 11.5 Å². The van der Waals surface area contributed by atoms with E-state index in [1.54, 1.807) is 36.4 Å². The van der Waals surface area contributed by atoms with Gasteiger partial charge in [-0.1, -0.05) is 37.6 Å². The number of aryl methyl sites for hydroxylation is 1. The van der Waals surface area contributed by atoms with Gasteiger partial charge in [0.15, 0.2) is 0 Å². The molecule has 3 aromatic rings. The minimum absolute atomic E-state index is 0.117. The Labute approximate surface area is 179 Å². The van der Waals surface area contributed by atoms with Crippen LogP contribution in [0.2, 0.25) is 0 Å². The molecule has 0 bridgehead atoms. The van der Waals surface area contributed by atoms with E-state index >= 15 is 0 Å². The van der Waals surface area contributed by atoms with Gasteiger partial charge in [0.2, 0.25) is 0 Å². The number of hydrogen-bond donors (Lipinski definition) is 0. The number of ether oxygens (including phenoxy) is 2. The molecule has 0 aliphatic rings. The van der Waals surface area contributed by atoms with E-state index in [0.29, 0.717) is 22.6 Å². The van der Waals surface area contributed by atoms with E-state index in [2.05, 4.69) is 6.92 Å². The van der Waals surface area contributed by atoms with Crippen LogP contribution in [-0.4, -0.2) is 5.97 Å². The molecule has 0 atom stereocenters. The summed E-state index contributed by atoms with van der Waals surface area (Å²) in [7, 11) is 0. The Bertz CT molecular complexity index is 977. The smallest absolute Gasteiger partial charge is 0.416 e. The number of carbonyl (C=O) groups excluding carboxylic acids is 1. The summed E-state index contributed by atoms with van der Waals surface area (Å²) in [6.45, 7) is 2.26. The SMILES string of the molecule is CCCCc1ccc(OC(=O)c2ccc(OCc3ccc(C(F)(F)F)cc3)cc2)cc1. The van der Waals surface area contributed by atoms with Crippen molar-refractivity contribution < 1.29 is 27.4 Å². The van der Waals surface area contributed by atoms with Crippen LogP contribution in [-0.2, 0) is 19.2 Å². The van der Waals surface area contributed by atoms with Crippen LogP contribution in [0.15, 0.2) is 72.8 Å². The lowest BCUT2D eigenvalue weighted by Crippen LogP contribution is -2.08. The summed E-state index contributed by atoms with van der Waals surface area (Å²) in [6, 6.07) is 18.7. The summed E-state index contributed by atoms with van der Waals surface area (Å²) in [4.78, 5) is 12.3. The second-order valence-corrected chi connectivity index (χ2v) is 7.14. The summed E-state index contributed by atoms with van der Waals surface area (Å²) in [5, 5.41) is 0. The lowest BCUT2D eigenvalue weighted by Gasteiger charge is -2.10. The topological polar surface area (TPSA) is 35.5 Å². The fourth-order valence-corrected chi connectivity index (χ4v) is 2.91. The van der Waals surface area contributed by atoms with Crippen LogP contribution in [0, 0.1) is 0 Å². The van der Waals surface area contributed by atoms with Crippen LogP contribution in [0.4, 0.5) is 13.2 Å².